The summed E-state index contributed by atoms with van der Waals surface area (Å²) in [5.41, 5.74) is 3.22. The van der Waals surface area contributed by atoms with Crippen molar-refractivity contribution in [3.8, 4) is 17.1 Å². The third kappa shape index (κ3) is 7.75. The molecule has 3 aromatic heterocycles. The fourth-order valence-corrected chi connectivity index (χ4v) is 6.15. The Morgan fingerprint density at radius 2 is 1.93 bits per heavy atom. The molecule has 1 N–H and O–H groups in total. The number of nitrogens with one attached hydrogen (secondary N) is 1. The summed E-state index contributed by atoms with van der Waals surface area (Å²) in [6.45, 7) is 5.97. The van der Waals surface area contributed by atoms with Crippen LogP contribution in [0.25, 0.3) is 22.3 Å². The largest absolute Gasteiger partial charge is 0.487 e. The summed E-state index contributed by atoms with van der Waals surface area (Å²) in [5, 5.41) is 6.94. The average Bonchev–Trinajstić information content (AvgIpc) is 3.49. The van der Waals surface area contributed by atoms with Gasteiger partial charge in [0, 0.05) is 22.9 Å². The number of benzene rings is 2. The summed E-state index contributed by atoms with van der Waals surface area (Å²) >= 11 is 7.88. The Morgan fingerprint density at radius 1 is 1.09 bits per heavy atom. The first-order valence-electron chi connectivity index (χ1n) is 13.8. The van der Waals surface area contributed by atoms with Crippen LogP contribution in [0.2, 0.25) is 5.02 Å². The van der Waals surface area contributed by atoms with Gasteiger partial charge in [-0.1, -0.05) is 44.5 Å². The predicted molar refractivity (Wildman–Crippen MR) is 171 cm³/mol. The van der Waals surface area contributed by atoms with Crippen LogP contribution in [0.1, 0.15) is 50.3 Å². The molecular formula is C31H29ClFN5O4S2. The summed E-state index contributed by atoms with van der Waals surface area (Å²) in [4.78, 5) is 18.1. The Labute approximate surface area is 264 Å². The van der Waals surface area contributed by atoms with E-state index in [-0.39, 0.29) is 23.4 Å². The molecule has 5 rings (SSSR count). The van der Waals surface area contributed by atoms with E-state index in [1.54, 1.807) is 36.5 Å². The number of halogens is 2. The van der Waals surface area contributed by atoms with Crippen molar-refractivity contribution in [1.82, 2.24) is 19.9 Å². The lowest BCUT2D eigenvalue weighted by atomic mass is 10.1. The molecule has 13 heteroatoms. The Bertz CT molecular complexity index is 1930. The molecule has 1 unspecified atom stereocenters. The van der Waals surface area contributed by atoms with E-state index in [2.05, 4.69) is 20.3 Å². The Kier molecular flexibility index (Phi) is 10.2. The minimum absolute atomic E-state index is 0.0339. The number of thiazole rings is 1. The van der Waals surface area contributed by atoms with E-state index in [9.17, 15) is 12.8 Å². The van der Waals surface area contributed by atoms with Gasteiger partial charge in [-0.25, -0.2) is 19.3 Å². The molecular weight excluding hydrogens is 625 g/mol. The number of rotatable bonds is 11. The van der Waals surface area contributed by atoms with Gasteiger partial charge in [0.15, 0.2) is 5.05 Å². The first-order chi connectivity index (χ1) is 21.2. The fourth-order valence-electron chi connectivity index (χ4n) is 4.33. The molecule has 5 aromatic rings. The summed E-state index contributed by atoms with van der Waals surface area (Å²) in [6.07, 6.45) is 3.47. The van der Waals surface area contributed by atoms with Gasteiger partial charge in [-0.15, -0.1) is 11.3 Å². The van der Waals surface area contributed by atoms with Crippen LogP contribution < -0.4 is 10.1 Å². The van der Waals surface area contributed by atoms with Gasteiger partial charge < -0.3 is 14.8 Å². The molecule has 44 heavy (non-hydrogen) atoms. The van der Waals surface area contributed by atoms with Gasteiger partial charge in [-0.3, -0.25) is 4.98 Å². The van der Waals surface area contributed by atoms with Crippen LogP contribution in [0.15, 0.2) is 66.4 Å². The molecule has 0 fully saturated rings. The predicted octanol–water partition coefficient (Wildman–Crippen LogP) is 7.79. The number of nitrogens with zero attached hydrogens (tertiary/aromatic N) is 4. The molecule has 3 heterocycles. The third-order valence-electron chi connectivity index (χ3n) is 6.46. The molecule has 228 valence electrons. The van der Waals surface area contributed by atoms with Crippen LogP contribution >= 0.6 is 22.9 Å². The number of anilines is 2. The second-order valence-corrected chi connectivity index (χ2v) is 12.5. The highest BCUT2D eigenvalue weighted by atomic mass is 35.5. The molecule has 0 saturated carbocycles. The highest BCUT2D eigenvalue weighted by Crippen LogP contribution is 2.33. The van der Waals surface area contributed by atoms with Crippen LogP contribution in [-0.4, -0.2) is 33.4 Å². The summed E-state index contributed by atoms with van der Waals surface area (Å²) in [7, 11) is -2.44. The number of fused-ring (bicyclic) bond motifs is 1. The zero-order valence-corrected chi connectivity index (χ0v) is 26.5. The molecule has 9 nitrogen and oxygen atoms in total. The SMILES string of the molecule is CCC(OC(CC(C)C)=S(=O)=O)c1nc(-c2cc3c(Nc4ccc(OCc5cccc(F)c5)c(Cl)c4)ncnc3cn2)cs1. The topological polar surface area (TPSA) is 116 Å². The van der Waals surface area contributed by atoms with E-state index in [0.29, 0.717) is 68.0 Å². The zero-order chi connectivity index (χ0) is 31.2. The molecule has 0 aliphatic rings. The van der Waals surface area contributed by atoms with Gasteiger partial charge in [-0.2, -0.15) is 8.42 Å². The van der Waals surface area contributed by atoms with Crippen molar-refractivity contribution in [2.45, 2.75) is 46.3 Å². The minimum atomic E-state index is -2.44. The van der Waals surface area contributed by atoms with E-state index < -0.39 is 16.4 Å². The van der Waals surface area contributed by atoms with E-state index in [0.717, 1.165) is 0 Å². The van der Waals surface area contributed by atoms with Crippen LogP contribution in [0, 0.1) is 11.7 Å². The van der Waals surface area contributed by atoms with Crippen LogP contribution in [0.5, 0.6) is 5.75 Å². The van der Waals surface area contributed by atoms with Gasteiger partial charge >= 0.3 is 0 Å². The molecule has 0 amide bonds. The molecule has 0 saturated heterocycles. The van der Waals surface area contributed by atoms with Crippen molar-refractivity contribution in [3.05, 3.63) is 87.8 Å². The molecule has 0 aliphatic heterocycles. The number of aromatic nitrogens is 4. The minimum Gasteiger partial charge on any atom is -0.487 e. The van der Waals surface area contributed by atoms with Crippen molar-refractivity contribution >= 4 is 60.7 Å². The van der Waals surface area contributed by atoms with Crippen LogP contribution in [-0.2, 0) is 21.6 Å². The molecule has 0 bridgehead atoms. The van der Waals surface area contributed by atoms with Crippen molar-refractivity contribution in [3.63, 3.8) is 0 Å². The van der Waals surface area contributed by atoms with Crippen molar-refractivity contribution in [2.24, 2.45) is 5.92 Å². The number of hydrogen-bond acceptors (Lipinski definition) is 10. The van der Waals surface area contributed by atoms with Gasteiger partial charge in [0.25, 0.3) is 0 Å². The number of pyridine rings is 1. The van der Waals surface area contributed by atoms with Gasteiger partial charge in [-0.05, 0) is 54.3 Å². The average molecular weight is 654 g/mol. The summed E-state index contributed by atoms with van der Waals surface area (Å²) < 4.78 is 48.6. The van der Waals surface area contributed by atoms with Crippen LogP contribution in [0.3, 0.4) is 0 Å². The van der Waals surface area contributed by atoms with E-state index in [1.807, 2.05) is 32.2 Å². The second-order valence-electron chi connectivity index (χ2n) is 10.3. The Morgan fingerprint density at radius 3 is 2.66 bits per heavy atom. The zero-order valence-electron chi connectivity index (χ0n) is 24.1. The summed E-state index contributed by atoms with van der Waals surface area (Å²) in [6, 6.07) is 13.3. The van der Waals surface area contributed by atoms with Crippen molar-refractivity contribution in [2.75, 3.05) is 5.32 Å². The van der Waals surface area contributed by atoms with E-state index in [1.165, 1.54) is 29.8 Å². The number of ether oxygens (including phenoxy) is 2. The second kappa shape index (κ2) is 14.2. The standard InChI is InChI=1S/C31H29ClFN5O4S2/c1-4-27(42-29(44(39)40)10-18(2)3)31-38-26(16-43-31)24-13-22-25(14-34-24)35-17-36-30(22)37-21-8-9-28(23(32)12-21)41-15-19-6-5-7-20(33)11-19/h5-9,11-14,16-18,27H,4,10,15H2,1-3H3,(H,35,36,37). The monoisotopic (exact) mass is 653 g/mol. The van der Waals surface area contributed by atoms with Gasteiger partial charge in [0.1, 0.15) is 41.4 Å². The Hall–Kier alpha value is -3.97. The highest BCUT2D eigenvalue weighted by Gasteiger charge is 2.20. The maximum atomic E-state index is 13.5. The normalized spacial score (nSPS) is 12.0. The molecule has 0 aliphatic carbocycles. The third-order valence-corrected chi connectivity index (χ3v) is 8.33. The lowest BCUT2D eigenvalue weighted by molar-refractivity contribution is 0.184. The molecule has 0 radical (unpaired) electrons. The van der Waals surface area contributed by atoms with Gasteiger partial charge in [0.2, 0.25) is 10.3 Å². The first kappa shape index (κ1) is 31.5. The summed E-state index contributed by atoms with van der Waals surface area (Å²) in [5.74, 6) is 0.808. The fraction of sp³-hybridized carbons (Fsp3) is 0.258. The smallest absolute Gasteiger partial charge is 0.240 e. The number of hydrogen-bond donors (Lipinski definition) is 1. The van der Waals surface area contributed by atoms with E-state index >= 15 is 0 Å². The molecule has 2 aromatic carbocycles. The van der Waals surface area contributed by atoms with E-state index in [4.69, 9.17) is 26.1 Å². The van der Waals surface area contributed by atoms with Crippen molar-refractivity contribution in [1.29, 1.82) is 0 Å². The lowest BCUT2D eigenvalue weighted by Gasteiger charge is -2.14. The quantitative estimate of drug-likeness (QED) is 0.143. The maximum absolute atomic E-state index is 13.5. The lowest BCUT2D eigenvalue weighted by Crippen LogP contribution is -2.14. The maximum Gasteiger partial charge on any atom is 0.240 e. The highest BCUT2D eigenvalue weighted by molar-refractivity contribution is 7.72. The molecule has 1 atom stereocenters. The first-order valence-corrected chi connectivity index (χ1v) is 16.2. The van der Waals surface area contributed by atoms with Crippen molar-refractivity contribution < 1.29 is 22.3 Å². The molecule has 0 spiro atoms. The van der Waals surface area contributed by atoms with Crippen LogP contribution in [0.4, 0.5) is 15.9 Å². The Balaban J connectivity index is 1.35. The van der Waals surface area contributed by atoms with Gasteiger partial charge in [0.05, 0.1) is 28.1 Å².